The summed E-state index contributed by atoms with van der Waals surface area (Å²) >= 11 is 0. The maximum Gasteiger partial charge on any atom is 0.0604 e. The number of hydrogen-bond acceptors (Lipinski definition) is 2. The minimum Gasteiger partial charge on any atom is -0.378 e. The van der Waals surface area contributed by atoms with E-state index in [4.69, 9.17) is 4.74 Å². The summed E-state index contributed by atoms with van der Waals surface area (Å²) in [6, 6.07) is 11.3. The maximum absolute atomic E-state index is 5.53. The van der Waals surface area contributed by atoms with Gasteiger partial charge in [-0.1, -0.05) is 30.3 Å². The van der Waals surface area contributed by atoms with Crippen molar-refractivity contribution in [3.8, 4) is 0 Å². The number of rotatable bonds is 6. The highest BCUT2D eigenvalue weighted by molar-refractivity contribution is 5.14. The van der Waals surface area contributed by atoms with Crippen LogP contribution in [0.25, 0.3) is 0 Å². The first-order valence-electron chi connectivity index (χ1n) is 6.27. The number of ether oxygens (including phenoxy) is 1. The lowest BCUT2D eigenvalue weighted by molar-refractivity contribution is -0.00960. The molecule has 2 heteroatoms. The van der Waals surface area contributed by atoms with Gasteiger partial charge in [0.05, 0.1) is 6.10 Å². The Bertz CT molecular complexity index is 293. The van der Waals surface area contributed by atoms with Gasteiger partial charge in [-0.3, -0.25) is 0 Å². The molecule has 16 heavy (non-hydrogen) atoms. The van der Waals surface area contributed by atoms with Crippen LogP contribution in [0, 0.1) is 0 Å². The molecule has 0 aliphatic heterocycles. The first kappa shape index (κ1) is 11.6. The fourth-order valence-electron chi connectivity index (χ4n) is 2.17. The van der Waals surface area contributed by atoms with Crippen molar-refractivity contribution in [3.05, 3.63) is 35.9 Å². The van der Waals surface area contributed by atoms with Gasteiger partial charge in [0.2, 0.25) is 0 Å². The van der Waals surface area contributed by atoms with E-state index in [0.717, 1.165) is 19.6 Å². The second-order valence-corrected chi connectivity index (χ2v) is 4.44. The summed E-state index contributed by atoms with van der Waals surface area (Å²) in [5.74, 6) is 0. The molecule has 1 fully saturated rings. The molecule has 0 heterocycles. The normalized spacial score (nSPS) is 24.1. The molecule has 1 N–H and O–H groups in total. The molecule has 0 bridgehead atoms. The van der Waals surface area contributed by atoms with Crippen molar-refractivity contribution in [2.24, 2.45) is 0 Å². The Labute approximate surface area is 98.0 Å². The topological polar surface area (TPSA) is 21.3 Å². The van der Waals surface area contributed by atoms with Crippen LogP contribution in [0.4, 0.5) is 0 Å². The first-order valence-corrected chi connectivity index (χ1v) is 6.27. The number of benzene rings is 1. The second kappa shape index (κ2) is 6.02. The fraction of sp³-hybridized carbons (Fsp3) is 0.571. The standard InChI is InChI=1S/C14H21NO/c1-2-16-14-10-13(11-14)15-9-8-12-6-4-3-5-7-12/h3-7,13-15H,2,8-11H2,1H3. The Morgan fingerprint density at radius 2 is 2.00 bits per heavy atom. The van der Waals surface area contributed by atoms with Crippen LogP contribution in [-0.2, 0) is 11.2 Å². The predicted molar refractivity (Wildman–Crippen MR) is 66.6 cm³/mol. The van der Waals surface area contributed by atoms with Crippen molar-refractivity contribution >= 4 is 0 Å². The van der Waals surface area contributed by atoms with Crippen LogP contribution in [0.15, 0.2) is 30.3 Å². The van der Waals surface area contributed by atoms with E-state index < -0.39 is 0 Å². The molecular formula is C14H21NO. The summed E-state index contributed by atoms with van der Waals surface area (Å²) in [5, 5.41) is 3.58. The molecule has 0 spiro atoms. The minimum atomic E-state index is 0.513. The summed E-state index contributed by atoms with van der Waals surface area (Å²) < 4.78 is 5.53. The third-order valence-corrected chi connectivity index (χ3v) is 3.19. The third kappa shape index (κ3) is 3.32. The van der Waals surface area contributed by atoms with E-state index >= 15 is 0 Å². The van der Waals surface area contributed by atoms with Gasteiger partial charge in [0.1, 0.15) is 0 Å². The van der Waals surface area contributed by atoms with Crippen molar-refractivity contribution in [2.75, 3.05) is 13.2 Å². The smallest absolute Gasteiger partial charge is 0.0604 e. The largest absolute Gasteiger partial charge is 0.378 e. The van der Waals surface area contributed by atoms with Crippen LogP contribution in [-0.4, -0.2) is 25.3 Å². The van der Waals surface area contributed by atoms with Gasteiger partial charge in [-0.15, -0.1) is 0 Å². The summed E-state index contributed by atoms with van der Waals surface area (Å²) in [6.07, 6.45) is 4.00. The Morgan fingerprint density at radius 3 is 2.69 bits per heavy atom. The van der Waals surface area contributed by atoms with Gasteiger partial charge in [0, 0.05) is 12.6 Å². The van der Waals surface area contributed by atoms with Crippen molar-refractivity contribution in [1.29, 1.82) is 0 Å². The molecule has 1 saturated carbocycles. The summed E-state index contributed by atoms with van der Waals surface area (Å²) in [7, 11) is 0. The molecule has 0 unspecified atom stereocenters. The molecular weight excluding hydrogens is 198 g/mol. The van der Waals surface area contributed by atoms with E-state index in [-0.39, 0.29) is 0 Å². The predicted octanol–water partition coefficient (Wildman–Crippen LogP) is 2.39. The molecule has 0 aromatic heterocycles. The SMILES string of the molecule is CCOC1CC(NCCc2ccccc2)C1. The van der Waals surface area contributed by atoms with E-state index in [0.29, 0.717) is 12.1 Å². The highest BCUT2D eigenvalue weighted by Crippen LogP contribution is 2.22. The fourth-order valence-corrected chi connectivity index (χ4v) is 2.17. The van der Waals surface area contributed by atoms with Crippen LogP contribution in [0.5, 0.6) is 0 Å². The van der Waals surface area contributed by atoms with E-state index in [1.165, 1.54) is 18.4 Å². The van der Waals surface area contributed by atoms with Crippen LogP contribution in [0.2, 0.25) is 0 Å². The third-order valence-electron chi connectivity index (χ3n) is 3.19. The van der Waals surface area contributed by atoms with E-state index in [2.05, 4.69) is 42.6 Å². The molecule has 88 valence electrons. The quantitative estimate of drug-likeness (QED) is 0.793. The van der Waals surface area contributed by atoms with Crippen LogP contribution >= 0.6 is 0 Å². The highest BCUT2D eigenvalue weighted by Gasteiger charge is 2.28. The lowest BCUT2D eigenvalue weighted by Gasteiger charge is -2.35. The Hall–Kier alpha value is -0.860. The monoisotopic (exact) mass is 219 g/mol. The molecule has 0 atom stereocenters. The minimum absolute atomic E-state index is 0.513. The van der Waals surface area contributed by atoms with Gasteiger partial charge in [0.25, 0.3) is 0 Å². The first-order chi connectivity index (χ1) is 7.88. The molecule has 1 aromatic rings. The Morgan fingerprint density at radius 1 is 1.25 bits per heavy atom. The summed E-state index contributed by atoms with van der Waals surface area (Å²) in [6.45, 7) is 3.99. The molecule has 1 aliphatic carbocycles. The maximum atomic E-state index is 5.53. The van der Waals surface area contributed by atoms with Gasteiger partial charge in [-0.05, 0) is 38.3 Å². The van der Waals surface area contributed by atoms with E-state index in [1.54, 1.807) is 0 Å². The van der Waals surface area contributed by atoms with Gasteiger partial charge < -0.3 is 10.1 Å². The van der Waals surface area contributed by atoms with Crippen molar-refractivity contribution < 1.29 is 4.74 Å². The lowest BCUT2D eigenvalue weighted by Crippen LogP contribution is -2.46. The van der Waals surface area contributed by atoms with E-state index in [1.807, 2.05) is 0 Å². The summed E-state index contributed by atoms with van der Waals surface area (Å²) in [5.41, 5.74) is 1.41. The average Bonchev–Trinajstić information content (AvgIpc) is 2.27. The molecule has 1 aliphatic rings. The Balaban J connectivity index is 1.57. The highest BCUT2D eigenvalue weighted by atomic mass is 16.5. The van der Waals surface area contributed by atoms with Crippen LogP contribution in [0.3, 0.4) is 0 Å². The van der Waals surface area contributed by atoms with Crippen molar-refractivity contribution in [2.45, 2.75) is 38.3 Å². The van der Waals surface area contributed by atoms with Crippen molar-refractivity contribution in [3.63, 3.8) is 0 Å². The number of nitrogens with one attached hydrogen (secondary N) is 1. The van der Waals surface area contributed by atoms with Gasteiger partial charge in [0.15, 0.2) is 0 Å². The average molecular weight is 219 g/mol. The molecule has 1 aromatic carbocycles. The van der Waals surface area contributed by atoms with Gasteiger partial charge >= 0.3 is 0 Å². The Kier molecular flexibility index (Phi) is 4.37. The van der Waals surface area contributed by atoms with Gasteiger partial charge in [-0.2, -0.15) is 0 Å². The molecule has 0 amide bonds. The van der Waals surface area contributed by atoms with Gasteiger partial charge in [-0.25, -0.2) is 0 Å². The zero-order valence-electron chi connectivity index (χ0n) is 9.99. The zero-order valence-corrected chi connectivity index (χ0v) is 9.99. The zero-order chi connectivity index (χ0) is 11.2. The summed E-state index contributed by atoms with van der Waals surface area (Å²) in [4.78, 5) is 0. The molecule has 0 saturated heterocycles. The molecule has 2 nitrogen and oxygen atoms in total. The lowest BCUT2D eigenvalue weighted by atomic mass is 9.89. The van der Waals surface area contributed by atoms with Crippen LogP contribution < -0.4 is 5.32 Å². The van der Waals surface area contributed by atoms with E-state index in [9.17, 15) is 0 Å². The number of hydrogen-bond donors (Lipinski definition) is 1. The van der Waals surface area contributed by atoms with Crippen LogP contribution in [0.1, 0.15) is 25.3 Å². The van der Waals surface area contributed by atoms with Crippen molar-refractivity contribution in [1.82, 2.24) is 5.32 Å². The molecule has 0 radical (unpaired) electrons. The molecule has 2 rings (SSSR count). The second-order valence-electron chi connectivity index (χ2n) is 4.44.